The number of nitrogens with one attached hydrogen (secondary N) is 1. The van der Waals surface area contributed by atoms with Crippen molar-refractivity contribution in [2.24, 2.45) is 0 Å². The van der Waals surface area contributed by atoms with Gasteiger partial charge in [-0.05, 0) is 116 Å². The second kappa shape index (κ2) is 15.3. The van der Waals surface area contributed by atoms with E-state index in [9.17, 15) is 0 Å². The molecule has 10 aromatic carbocycles. The molecule has 0 spiro atoms. The maximum absolute atomic E-state index is 4.37. The summed E-state index contributed by atoms with van der Waals surface area (Å²) in [7, 11) is 0. The van der Waals surface area contributed by atoms with Crippen molar-refractivity contribution in [2.45, 2.75) is 19.3 Å². The number of aromatic nitrogens is 4. The van der Waals surface area contributed by atoms with E-state index in [1.165, 1.54) is 105 Å². The molecule has 4 heteroatoms. The highest BCUT2D eigenvalue weighted by molar-refractivity contribution is 6.14. The minimum atomic E-state index is -0.0667. The van der Waals surface area contributed by atoms with Crippen LogP contribution in [0.25, 0.3) is 116 Å². The zero-order chi connectivity index (χ0) is 44.6. The lowest BCUT2D eigenvalue weighted by Gasteiger charge is -2.21. The SMILES string of the molecule is CC1(C)c2cc3[nH]c4ccc(-c5ccc6c(c5)c5ccccc5n6-c5cccc(-c6ccccc6)c5)cc4c3cc2-c2c1ccc1ccccc21.c1ccc(-c2ncnc3ccccc23)cc1. The first-order valence-corrected chi connectivity index (χ1v) is 23.1. The number of H-pyrrole nitrogens is 1. The fraction of sp³-hybridized carbons (Fsp3) is 0.0476. The summed E-state index contributed by atoms with van der Waals surface area (Å²) in [5.41, 5.74) is 19.4. The number of benzene rings is 10. The van der Waals surface area contributed by atoms with Crippen LogP contribution in [0.5, 0.6) is 0 Å². The fourth-order valence-corrected chi connectivity index (χ4v) is 10.8. The maximum Gasteiger partial charge on any atom is 0.116 e. The van der Waals surface area contributed by atoms with Crippen LogP contribution in [-0.2, 0) is 5.41 Å². The van der Waals surface area contributed by atoms with Crippen LogP contribution in [0.15, 0.2) is 225 Å². The third-order valence-corrected chi connectivity index (χ3v) is 14.1. The molecule has 0 radical (unpaired) electrons. The van der Waals surface area contributed by atoms with Crippen molar-refractivity contribution in [3.05, 3.63) is 236 Å². The Morgan fingerprint density at radius 1 is 0.403 bits per heavy atom. The minimum absolute atomic E-state index is 0.0667. The molecule has 0 atom stereocenters. The molecule has 14 rings (SSSR count). The normalized spacial score (nSPS) is 12.7. The van der Waals surface area contributed by atoms with E-state index in [4.69, 9.17) is 0 Å². The fourth-order valence-electron chi connectivity index (χ4n) is 10.8. The van der Waals surface area contributed by atoms with Crippen LogP contribution in [0.2, 0.25) is 0 Å². The highest BCUT2D eigenvalue weighted by Crippen LogP contribution is 2.53. The first-order valence-electron chi connectivity index (χ1n) is 23.1. The van der Waals surface area contributed by atoms with E-state index in [1.54, 1.807) is 6.33 Å². The van der Waals surface area contributed by atoms with Crippen LogP contribution in [0.4, 0.5) is 0 Å². The van der Waals surface area contributed by atoms with Gasteiger partial charge >= 0.3 is 0 Å². The third kappa shape index (κ3) is 6.29. The molecule has 0 aliphatic heterocycles. The van der Waals surface area contributed by atoms with Crippen LogP contribution >= 0.6 is 0 Å². The van der Waals surface area contributed by atoms with Crippen molar-refractivity contribution < 1.29 is 0 Å². The summed E-state index contributed by atoms with van der Waals surface area (Å²) < 4.78 is 2.41. The van der Waals surface area contributed by atoms with E-state index in [0.717, 1.165) is 22.2 Å². The van der Waals surface area contributed by atoms with Crippen LogP contribution in [0.1, 0.15) is 25.0 Å². The average Bonchev–Trinajstić information content (AvgIpc) is 4.00. The summed E-state index contributed by atoms with van der Waals surface area (Å²) in [6.45, 7) is 4.73. The van der Waals surface area contributed by atoms with Gasteiger partial charge in [-0.3, -0.25) is 0 Å². The Hall–Kier alpha value is -8.60. The summed E-state index contributed by atoms with van der Waals surface area (Å²) in [5.74, 6) is 0. The molecule has 0 saturated heterocycles. The highest BCUT2D eigenvalue weighted by Gasteiger charge is 2.37. The first kappa shape index (κ1) is 38.8. The maximum atomic E-state index is 4.37. The number of hydrogen-bond acceptors (Lipinski definition) is 2. The first-order chi connectivity index (χ1) is 33.0. The van der Waals surface area contributed by atoms with Gasteiger partial charge in [0.25, 0.3) is 0 Å². The van der Waals surface area contributed by atoms with Gasteiger partial charge < -0.3 is 9.55 Å². The lowest BCUT2D eigenvalue weighted by atomic mass is 9.82. The van der Waals surface area contributed by atoms with Crippen molar-refractivity contribution >= 4 is 65.3 Å². The molecule has 316 valence electrons. The van der Waals surface area contributed by atoms with Crippen LogP contribution in [0.3, 0.4) is 0 Å². The van der Waals surface area contributed by atoms with E-state index in [0.29, 0.717) is 0 Å². The van der Waals surface area contributed by atoms with Gasteiger partial charge in [0.15, 0.2) is 0 Å². The Labute approximate surface area is 388 Å². The summed E-state index contributed by atoms with van der Waals surface area (Å²) in [5, 5.41) is 8.78. The molecular weight excluding hydrogens is 813 g/mol. The molecule has 13 aromatic rings. The van der Waals surface area contributed by atoms with E-state index >= 15 is 0 Å². The number of para-hydroxylation sites is 2. The van der Waals surface area contributed by atoms with Gasteiger partial charge in [0, 0.05) is 54.6 Å². The largest absolute Gasteiger partial charge is 0.355 e. The molecule has 3 heterocycles. The number of hydrogen-bond donors (Lipinski definition) is 1. The van der Waals surface area contributed by atoms with Gasteiger partial charge in [0.1, 0.15) is 6.33 Å². The molecule has 3 aromatic heterocycles. The molecule has 0 bridgehead atoms. The lowest BCUT2D eigenvalue weighted by Crippen LogP contribution is -2.14. The summed E-state index contributed by atoms with van der Waals surface area (Å²) in [6.07, 6.45) is 1.62. The van der Waals surface area contributed by atoms with Gasteiger partial charge in [0.05, 0.1) is 22.2 Å². The Morgan fingerprint density at radius 2 is 1.04 bits per heavy atom. The van der Waals surface area contributed by atoms with Gasteiger partial charge in [-0.1, -0.05) is 172 Å². The Morgan fingerprint density at radius 3 is 1.88 bits per heavy atom. The molecule has 67 heavy (non-hydrogen) atoms. The van der Waals surface area contributed by atoms with E-state index in [-0.39, 0.29) is 5.41 Å². The Kier molecular flexibility index (Phi) is 8.84. The summed E-state index contributed by atoms with van der Waals surface area (Å²) in [6, 6.07) is 78.7. The molecule has 1 aliphatic rings. The van der Waals surface area contributed by atoms with Crippen LogP contribution in [0, 0.1) is 0 Å². The molecule has 4 nitrogen and oxygen atoms in total. The molecule has 0 amide bonds. The standard InChI is InChI=1S/C49H34N2.C14H10N2/c1-49(2)42-22-19-31-13-6-7-16-36(31)48(42)41-28-39-38-26-33(20-23-44(38)50-45(39)29-43(41)49)34-21-24-47-40(27-34)37-17-8-9-18-46(37)51(47)35-15-10-14-32(25-35)30-11-4-3-5-12-30;1-2-6-11(7-3-1)14-12-8-4-5-9-13(12)15-10-16-14/h3-29,50H,1-2H3;1-10H. The Balaban J connectivity index is 0.000000235. The zero-order valence-corrected chi connectivity index (χ0v) is 37.2. The second-order valence-electron chi connectivity index (χ2n) is 18.3. The molecule has 0 fully saturated rings. The quantitative estimate of drug-likeness (QED) is 0.192. The van der Waals surface area contributed by atoms with Gasteiger partial charge in [-0.2, -0.15) is 0 Å². The molecular formula is C63H44N4. The van der Waals surface area contributed by atoms with E-state index < -0.39 is 0 Å². The monoisotopic (exact) mass is 856 g/mol. The van der Waals surface area contributed by atoms with Crippen molar-refractivity contribution in [1.29, 1.82) is 0 Å². The molecule has 0 saturated carbocycles. The smallest absolute Gasteiger partial charge is 0.116 e. The van der Waals surface area contributed by atoms with Crippen molar-refractivity contribution in [2.75, 3.05) is 0 Å². The highest BCUT2D eigenvalue weighted by atomic mass is 15.0. The summed E-state index contributed by atoms with van der Waals surface area (Å²) >= 11 is 0. The lowest BCUT2D eigenvalue weighted by molar-refractivity contribution is 0.661. The van der Waals surface area contributed by atoms with Crippen LogP contribution in [-0.4, -0.2) is 19.5 Å². The number of aromatic amines is 1. The summed E-state index contributed by atoms with van der Waals surface area (Å²) in [4.78, 5) is 12.4. The number of rotatable bonds is 4. The van der Waals surface area contributed by atoms with E-state index in [2.05, 4.69) is 215 Å². The van der Waals surface area contributed by atoms with Crippen LogP contribution < -0.4 is 0 Å². The second-order valence-corrected chi connectivity index (χ2v) is 18.3. The molecule has 1 aliphatic carbocycles. The third-order valence-electron chi connectivity index (χ3n) is 14.1. The van der Waals surface area contributed by atoms with Gasteiger partial charge in [0.2, 0.25) is 0 Å². The zero-order valence-electron chi connectivity index (χ0n) is 37.2. The molecule has 0 unspecified atom stereocenters. The van der Waals surface area contributed by atoms with E-state index in [1.807, 2.05) is 36.4 Å². The van der Waals surface area contributed by atoms with Gasteiger partial charge in [-0.25, -0.2) is 9.97 Å². The van der Waals surface area contributed by atoms with Crippen molar-refractivity contribution in [1.82, 2.24) is 19.5 Å². The number of fused-ring (bicyclic) bond motifs is 12. The molecule has 1 N–H and O–H groups in total. The minimum Gasteiger partial charge on any atom is -0.355 e. The predicted molar refractivity (Wildman–Crippen MR) is 281 cm³/mol. The average molecular weight is 857 g/mol. The topological polar surface area (TPSA) is 46.5 Å². The van der Waals surface area contributed by atoms with Crippen molar-refractivity contribution in [3.63, 3.8) is 0 Å². The van der Waals surface area contributed by atoms with Gasteiger partial charge in [-0.15, -0.1) is 0 Å². The van der Waals surface area contributed by atoms with Crippen molar-refractivity contribution in [3.8, 4) is 50.3 Å². The number of nitrogens with zero attached hydrogens (tertiary/aromatic N) is 3. The Bertz CT molecular complexity index is 4060. The predicted octanol–water partition coefficient (Wildman–Crippen LogP) is 16.5.